The molecule has 2 fully saturated rings. The van der Waals surface area contributed by atoms with Gasteiger partial charge in [-0.25, -0.2) is 4.79 Å². The molecule has 0 aromatic heterocycles. The van der Waals surface area contributed by atoms with E-state index in [0.717, 1.165) is 13.1 Å². The molecular formula is C21H29NO8. The van der Waals surface area contributed by atoms with Gasteiger partial charge in [0.15, 0.2) is 5.60 Å². The van der Waals surface area contributed by atoms with Crippen molar-refractivity contribution in [2.24, 2.45) is 11.8 Å². The Labute approximate surface area is 174 Å². The van der Waals surface area contributed by atoms with E-state index in [9.17, 15) is 14.4 Å². The first-order valence-corrected chi connectivity index (χ1v) is 9.86. The molecule has 2 unspecified atom stereocenters. The summed E-state index contributed by atoms with van der Waals surface area (Å²) < 4.78 is 6.09. The van der Waals surface area contributed by atoms with Crippen LogP contribution in [0.15, 0.2) is 30.3 Å². The number of carboxylic acids is 3. The summed E-state index contributed by atoms with van der Waals surface area (Å²) in [5.41, 5.74) is -1.40. The van der Waals surface area contributed by atoms with Crippen molar-refractivity contribution < 1.29 is 39.5 Å². The van der Waals surface area contributed by atoms with E-state index in [-0.39, 0.29) is 5.60 Å². The second kappa shape index (κ2) is 10.0. The van der Waals surface area contributed by atoms with Crippen molar-refractivity contribution in [2.45, 2.75) is 43.3 Å². The normalized spacial score (nSPS) is 25.5. The first-order chi connectivity index (χ1) is 14.2. The number of hydrogen-bond acceptors (Lipinski definition) is 6. The maximum absolute atomic E-state index is 10.3. The third-order valence-corrected chi connectivity index (χ3v) is 5.95. The quantitative estimate of drug-likeness (QED) is 0.436. The number of nitrogens with one attached hydrogen (secondary N) is 1. The van der Waals surface area contributed by atoms with Gasteiger partial charge in [0.25, 0.3) is 0 Å². The molecule has 9 heteroatoms. The number of methoxy groups -OCH3 is 1. The van der Waals surface area contributed by atoms with E-state index >= 15 is 0 Å². The summed E-state index contributed by atoms with van der Waals surface area (Å²) in [6.45, 7) is 2.19. The molecule has 166 valence electrons. The summed E-state index contributed by atoms with van der Waals surface area (Å²) in [6, 6.07) is 10.8. The van der Waals surface area contributed by atoms with Crippen LogP contribution in [-0.2, 0) is 24.7 Å². The molecule has 0 spiro atoms. The molecule has 2 bridgehead atoms. The van der Waals surface area contributed by atoms with Gasteiger partial charge in [0.05, 0.1) is 12.8 Å². The molecular weight excluding hydrogens is 394 g/mol. The highest BCUT2D eigenvalue weighted by Crippen LogP contribution is 2.49. The van der Waals surface area contributed by atoms with Crippen molar-refractivity contribution in [3.8, 4) is 0 Å². The Kier molecular flexibility index (Phi) is 7.94. The first kappa shape index (κ1) is 23.8. The number of ether oxygens (including phenoxy) is 1. The summed E-state index contributed by atoms with van der Waals surface area (Å²) in [7, 11) is 1.89. The number of carbonyl (C=O) groups is 3. The molecule has 2 aliphatic rings. The SMILES string of the molecule is COC1(c2ccccc2)C2CCCC1CNC2.O=C(O)CC(O)(CC(=O)O)C(=O)O. The average Bonchev–Trinajstić information content (AvgIpc) is 2.67. The minimum absolute atomic E-state index is 0.0369. The molecule has 1 aromatic rings. The monoisotopic (exact) mass is 423 g/mol. The first-order valence-electron chi connectivity index (χ1n) is 9.86. The van der Waals surface area contributed by atoms with E-state index in [4.69, 9.17) is 25.2 Å². The van der Waals surface area contributed by atoms with Gasteiger partial charge in [-0.15, -0.1) is 0 Å². The molecule has 0 radical (unpaired) electrons. The Bertz CT molecular complexity index is 713. The number of carboxylic acid groups (broad SMARTS) is 3. The highest BCUT2D eigenvalue weighted by Gasteiger charge is 2.51. The molecule has 1 aliphatic carbocycles. The van der Waals surface area contributed by atoms with E-state index < -0.39 is 36.4 Å². The lowest BCUT2D eigenvalue weighted by Crippen LogP contribution is -2.57. The average molecular weight is 423 g/mol. The van der Waals surface area contributed by atoms with Gasteiger partial charge in [-0.1, -0.05) is 36.8 Å². The van der Waals surface area contributed by atoms with Crippen LogP contribution >= 0.6 is 0 Å². The number of piperidine rings is 1. The van der Waals surface area contributed by atoms with Gasteiger partial charge in [0.1, 0.15) is 5.60 Å². The second-order valence-electron chi connectivity index (χ2n) is 7.82. The Morgan fingerprint density at radius 3 is 1.93 bits per heavy atom. The van der Waals surface area contributed by atoms with Crippen LogP contribution in [0.5, 0.6) is 0 Å². The van der Waals surface area contributed by atoms with Gasteiger partial charge < -0.3 is 30.5 Å². The molecule has 1 heterocycles. The van der Waals surface area contributed by atoms with Gasteiger partial charge >= 0.3 is 17.9 Å². The van der Waals surface area contributed by atoms with Crippen LogP contribution in [-0.4, -0.2) is 64.1 Å². The third kappa shape index (κ3) is 5.16. The lowest BCUT2D eigenvalue weighted by atomic mass is 9.63. The van der Waals surface area contributed by atoms with Crippen LogP contribution in [0, 0.1) is 11.8 Å². The van der Waals surface area contributed by atoms with E-state index in [1.165, 1.54) is 24.8 Å². The van der Waals surface area contributed by atoms with Crippen molar-refractivity contribution in [3.63, 3.8) is 0 Å². The Hall–Kier alpha value is -2.49. The third-order valence-electron chi connectivity index (χ3n) is 5.95. The zero-order chi connectivity index (χ0) is 22.4. The van der Waals surface area contributed by atoms with Crippen LogP contribution < -0.4 is 5.32 Å². The zero-order valence-electron chi connectivity index (χ0n) is 16.9. The van der Waals surface area contributed by atoms with Gasteiger partial charge in [-0.05, 0) is 18.4 Å². The van der Waals surface area contributed by atoms with Crippen LogP contribution in [0.1, 0.15) is 37.7 Å². The molecule has 5 N–H and O–H groups in total. The van der Waals surface area contributed by atoms with Crippen molar-refractivity contribution in [1.82, 2.24) is 5.32 Å². The number of hydrogen-bond donors (Lipinski definition) is 5. The molecule has 9 nitrogen and oxygen atoms in total. The number of aliphatic carboxylic acids is 3. The molecule has 1 aliphatic heterocycles. The highest BCUT2D eigenvalue weighted by molar-refractivity contribution is 5.88. The van der Waals surface area contributed by atoms with E-state index in [1.807, 2.05) is 7.11 Å². The summed E-state index contributed by atoms with van der Waals surface area (Å²) in [6.07, 6.45) is 1.64. The van der Waals surface area contributed by atoms with E-state index in [2.05, 4.69) is 35.6 Å². The number of aliphatic hydroxyl groups is 1. The van der Waals surface area contributed by atoms with Crippen LogP contribution in [0.2, 0.25) is 0 Å². The van der Waals surface area contributed by atoms with Crippen LogP contribution in [0.3, 0.4) is 0 Å². The van der Waals surface area contributed by atoms with Crippen molar-refractivity contribution in [2.75, 3.05) is 20.2 Å². The van der Waals surface area contributed by atoms with Crippen LogP contribution in [0.25, 0.3) is 0 Å². The minimum Gasteiger partial charge on any atom is -0.481 e. The predicted molar refractivity (Wildman–Crippen MR) is 106 cm³/mol. The second-order valence-corrected chi connectivity index (χ2v) is 7.82. The minimum atomic E-state index is -2.74. The largest absolute Gasteiger partial charge is 0.481 e. The molecule has 1 aromatic carbocycles. The molecule has 2 atom stereocenters. The molecule has 3 rings (SSSR count). The van der Waals surface area contributed by atoms with Crippen molar-refractivity contribution in [3.05, 3.63) is 35.9 Å². The maximum atomic E-state index is 10.3. The van der Waals surface area contributed by atoms with Crippen LogP contribution in [0.4, 0.5) is 0 Å². The standard InChI is InChI=1S/C15H21NO.C6H8O7/c1-17-15(12-6-3-2-4-7-12)13-8-5-9-14(15)11-16-10-13;7-3(8)1-6(13,5(11)12)2-4(9)10/h2-4,6-7,13-14,16H,5,8-11H2,1H3;13H,1-2H2,(H,7,8)(H,9,10)(H,11,12). The summed E-state index contributed by atoms with van der Waals surface area (Å²) >= 11 is 0. The summed E-state index contributed by atoms with van der Waals surface area (Å²) in [5.74, 6) is -3.76. The lowest BCUT2D eigenvalue weighted by Gasteiger charge is -2.52. The Morgan fingerprint density at radius 1 is 1.03 bits per heavy atom. The molecule has 1 saturated heterocycles. The lowest BCUT2D eigenvalue weighted by molar-refractivity contribution is -0.170. The number of fused-ring (bicyclic) bond motifs is 2. The van der Waals surface area contributed by atoms with E-state index in [1.54, 1.807) is 0 Å². The molecule has 30 heavy (non-hydrogen) atoms. The fourth-order valence-corrected chi connectivity index (χ4v) is 4.65. The van der Waals surface area contributed by atoms with Gasteiger partial charge in [0, 0.05) is 32.0 Å². The van der Waals surface area contributed by atoms with Gasteiger partial charge in [-0.3, -0.25) is 9.59 Å². The van der Waals surface area contributed by atoms with Crippen molar-refractivity contribution in [1.29, 1.82) is 0 Å². The number of rotatable bonds is 7. The Balaban J connectivity index is 0.000000224. The fourth-order valence-electron chi connectivity index (χ4n) is 4.65. The smallest absolute Gasteiger partial charge is 0.336 e. The highest BCUT2D eigenvalue weighted by atomic mass is 16.5. The maximum Gasteiger partial charge on any atom is 0.336 e. The topological polar surface area (TPSA) is 153 Å². The van der Waals surface area contributed by atoms with Gasteiger partial charge in [0.2, 0.25) is 0 Å². The predicted octanol–water partition coefficient (Wildman–Crippen LogP) is 1.30. The number of benzene rings is 1. The summed E-state index contributed by atoms with van der Waals surface area (Å²) in [4.78, 5) is 30.5. The van der Waals surface area contributed by atoms with Crippen molar-refractivity contribution >= 4 is 17.9 Å². The van der Waals surface area contributed by atoms with E-state index in [0.29, 0.717) is 11.8 Å². The fraction of sp³-hybridized carbons (Fsp3) is 0.571. The molecule has 1 saturated carbocycles. The molecule has 0 amide bonds. The van der Waals surface area contributed by atoms with Gasteiger partial charge in [-0.2, -0.15) is 0 Å². The summed E-state index contributed by atoms with van der Waals surface area (Å²) in [5, 5.41) is 37.4. The Morgan fingerprint density at radius 2 is 1.53 bits per heavy atom. The zero-order valence-corrected chi connectivity index (χ0v) is 16.9.